The van der Waals surface area contributed by atoms with Crippen LogP contribution in [0.1, 0.15) is 28.4 Å². The molecule has 2 aromatic rings. The van der Waals surface area contributed by atoms with E-state index in [0.29, 0.717) is 5.56 Å². The average molecular weight is 364 g/mol. The summed E-state index contributed by atoms with van der Waals surface area (Å²) in [5, 5.41) is 20.6. The van der Waals surface area contributed by atoms with E-state index in [-0.39, 0.29) is 0 Å². The van der Waals surface area contributed by atoms with Gasteiger partial charge in [-0.2, -0.15) is 0 Å². The number of benzene rings is 2. The molecule has 0 aliphatic rings. The molecule has 0 heterocycles. The fraction of sp³-hybridized carbons (Fsp3) is 0.143. The maximum absolute atomic E-state index is 12.2. The predicted molar refractivity (Wildman–Crippen MR) is 102 cm³/mol. The number of hydrogen-bond acceptors (Lipinski definition) is 4. The van der Waals surface area contributed by atoms with Crippen LogP contribution in [0.25, 0.3) is 6.08 Å². The Morgan fingerprint density at radius 2 is 1.74 bits per heavy atom. The fourth-order valence-corrected chi connectivity index (χ4v) is 2.23. The third-order valence-electron chi connectivity index (χ3n) is 3.68. The number of carbonyl (C=O) groups excluding carboxylic acids is 2. The number of aliphatic hydroxyl groups is 1. The molecule has 0 saturated carbocycles. The number of hydrogen-bond donors (Lipinski definition) is 4. The highest BCUT2D eigenvalue weighted by atomic mass is 16.5. The fourth-order valence-electron chi connectivity index (χ4n) is 2.23. The summed E-state index contributed by atoms with van der Waals surface area (Å²) >= 11 is 0. The highest BCUT2D eigenvalue weighted by Gasteiger charge is 2.25. The van der Waals surface area contributed by atoms with Gasteiger partial charge in [-0.3, -0.25) is 14.8 Å². The Morgan fingerprint density at radius 1 is 1.07 bits per heavy atom. The van der Waals surface area contributed by atoms with E-state index >= 15 is 0 Å². The van der Waals surface area contributed by atoms with E-state index in [1.54, 1.807) is 30.3 Å². The summed E-state index contributed by atoms with van der Waals surface area (Å²) in [5.41, 5.74) is 3.52. The summed E-state index contributed by atoms with van der Waals surface area (Å²) in [5.74, 6) is 4.52. The second kappa shape index (κ2) is 9.92. The Hall–Kier alpha value is -3.40. The van der Waals surface area contributed by atoms with Crippen molar-refractivity contribution in [2.45, 2.75) is 19.1 Å². The predicted octanol–water partition coefficient (Wildman–Crippen LogP) is 1.74. The molecule has 0 saturated heterocycles. The zero-order valence-corrected chi connectivity index (χ0v) is 14.7. The van der Waals surface area contributed by atoms with Gasteiger partial charge in [-0.1, -0.05) is 42.2 Å². The Balaban J connectivity index is 2.00. The molecule has 2 amide bonds. The van der Waals surface area contributed by atoms with Crippen LogP contribution in [-0.4, -0.2) is 34.3 Å². The lowest BCUT2D eigenvalue weighted by Gasteiger charge is -2.19. The molecule has 6 nitrogen and oxygen atoms in total. The smallest absolute Gasteiger partial charge is 0.268 e. The monoisotopic (exact) mass is 364 g/mol. The minimum Gasteiger partial charge on any atom is -0.391 e. The van der Waals surface area contributed by atoms with Gasteiger partial charge in [0, 0.05) is 11.1 Å². The molecular formula is C21H20N2O4. The number of hydroxylamine groups is 1. The standard InChI is InChI=1S/C21H20N2O4/c1-15(24)19(21(26)23-27)22-20(25)18-13-11-17(12-14-18)10-6-5-9-16-7-3-2-4-8-16/h2-4,6-8,10-15,19,24,27H,1H3,(H,22,25)(H,23,26)/b10-6+/t15-,19+/m1/s1. The minimum absolute atomic E-state index is 0.318. The van der Waals surface area contributed by atoms with Crippen molar-refractivity contribution in [3.63, 3.8) is 0 Å². The normalized spacial score (nSPS) is 12.6. The van der Waals surface area contributed by atoms with Gasteiger partial charge in [0.05, 0.1) is 6.10 Å². The first-order valence-electron chi connectivity index (χ1n) is 8.27. The summed E-state index contributed by atoms with van der Waals surface area (Å²) in [6.45, 7) is 1.34. The van der Waals surface area contributed by atoms with Crippen molar-refractivity contribution in [3.05, 3.63) is 77.4 Å². The molecule has 0 radical (unpaired) electrons. The van der Waals surface area contributed by atoms with Crippen LogP contribution < -0.4 is 10.8 Å². The van der Waals surface area contributed by atoms with Crippen LogP contribution in [-0.2, 0) is 4.79 Å². The molecule has 0 aromatic heterocycles. The Labute approximate surface area is 157 Å². The van der Waals surface area contributed by atoms with Crippen molar-refractivity contribution >= 4 is 17.9 Å². The topological polar surface area (TPSA) is 98.7 Å². The van der Waals surface area contributed by atoms with Crippen molar-refractivity contribution in [2.24, 2.45) is 0 Å². The molecule has 2 aromatic carbocycles. The molecule has 0 aliphatic carbocycles. The Kier molecular flexibility index (Phi) is 7.32. The summed E-state index contributed by atoms with van der Waals surface area (Å²) in [6, 6.07) is 15.0. The van der Waals surface area contributed by atoms with Gasteiger partial charge in [-0.05, 0) is 48.9 Å². The number of aliphatic hydroxyl groups excluding tert-OH is 1. The van der Waals surface area contributed by atoms with E-state index in [1.807, 2.05) is 36.4 Å². The third kappa shape index (κ3) is 6.12. The molecular weight excluding hydrogens is 344 g/mol. The van der Waals surface area contributed by atoms with E-state index < -0.39 is 24.0 Å². The lowest BCUT2D eigenvalue weighted by atomic mass is 10.1. The van der Waals surface area contributed by atoms with Crippen LogP contribution in [0.5, 0.6) is 0 Å². The SMILES string of the molecule is C[C@@H](O)[C@H](NC(=O)c1ccc(/C=C/C#Cc2ccccc2)cc1)C(=O)NO. The van der Waals surface area contributed by atoms with Gasteiger partial charge in [-0.15, -0.1) is 0 Å². The number of nitrogens with one attached hydrogen (secondary N) is 2. The van der Waals surface area contributed by atoms with Gasteiger partial charge >= 0.3 is 0 Å². The van der Waals surface area contributed by atoms with Gasteiger partial charge in [0.1, 0.15) is 6.04 Å². The summed E-state index contributed by atoms with van der Waals surface area (Å²) in [6.07, 6.45) is 2.37. The zero-order valence-electron chi connectivity index (χ0n) is 14.7. The Morgan fingerprint density at radius 3 is 2.33 bits per heavy atom. The van der Waals surface area contributed by atoms with Crippen molar-refractivity contribution in [1.82, 2.24) is 10.8 Å². The van der Waals surface area contributed by atoms with E-state index in [9.17, 15) is 14.7 Å². The molecule has 0 aliphatic heterocycles. The second-order valence-corrected chi connectivity index (χ2v) is 5.76. The summed E-state index contributed by atoms with van der Waals surface area (Å²) in [7, 11) is 0. The number of allylic oxidation sites excluding steroid dienone is 1. The molecule has 138 valence electrons. The molecule has 6 heteroatoms. The van der Waals surface area contributed by atoms with Crippen LogP contribution in [0, 0.1) is 11.8 Å². The van der Waals surface area contributed by atoms with E-state index in [0.717, 1.165) is 11.1 Å². The zero-order chi connectivity index (χ0) is 19.6. The maximum atomic E-state index is 12.2. The molecule has 0 unspecified atom stereocenters. The van der Waals surface area contributed by atoms with Crippen molar-refractivity contribution in [3.8, 4) is 11.8 Å². The van der Waals surface area contributed by atoms with Crippen LogP contribution in [0.15, 0.2) is 60.7 Å². The number of rotatable bonds is 5. The van der Waals surface area contributed by atoms with Crippen molar-refractivity contribution in [2.75, 3.05) is 0 Å². The van der Waals surface area contributed by atoms with Crippen LogP contribution >= 0.6 is 0 Å². The molecule has 0 bridgehead atoms. The van der Waals surface area contributed by atoms with Crippen LogP contribution in [0.3, 0.4) is 0 Å². The molecule has 0 spiro atoms. The molecule has 2 atom stereocenters. The quantitative estimate of drug-likeness (QED) is 0.369. The first kappa shape index (κ1) is 19.9. The maximum Gasteiger partial charge on any atom is 0.268 e. The minimum atomic E-state index is -1.25. The highest BCUT2D eigenvalue weighted by Crippen LogP contribution is 2.07. The van der Waals surface area contributed by atoms with Gasteiger partial charge in [-0.25, -0.2) is 5.48 Å². The average Bonchev–Trinajstić information content (AvgIpc) is 2.69. The first-order chi connectivity index (χ1) is 13.0. The first-order valence-corrected chi connectivity index (χ1v) is 8.27. The third-order valence-corrected chi connectivity index (χ3v) is 3.68. The number of amides is 2. The lowest BCUT2D eigenvalue weighted by Crippen LogP contribution is -2.51. The van der Waals surface area contributed by atoms with Gasteiger partial charge in [0.25, 0.3) is 11.8 Å². The van der Waals surface area contributed by atoms with E-state index in [4.69, 9.17) is 5.21 Å². The van der Waals surface area contributed by atoms with Crippen molar-refractivity contribution in [1.29, 1.82) is 0 Å². The Bertz CT molecular complexity index is 863. The lowest BCUT2D eigenvalue weighted by molar-refractivity contribution is -0.133. The summed E-state index contributed by atoms with van der Waals surface area (Å²) < 4.78 is 0. The van der Waals surface area contributed by atoms with Crippen LogP contribution in [0.2, 0.25) is 0 Å². The molecule has 4 N–H and O–H groups in total. The number of carbonyl (C=O) groups is 2. The van der Waals surface area contributed by atoms with E-state index in [2.05, 4.69) is 17.2 Å². The summed E-state index contributed by atoms with van der Waals surface area (Å²) in [4.78, 5) is 23.6. The van der Waals surface area contributed by atoms with Crippen LogP contribution in [0.4, 0.5) is 0 Å². The second-order valence-electron chi connectivity index (χ2n) is 5.76. The van der Waals surface area contributed by atoms with Gasteiger partial charge in [0.2, 0.25) is 0 Å². The molecule has 0 fully saturated rings. The van der Waals surface area contributed by atoms with Crippen molar-refractivity contribution < 1.29 is 19.9 Å². The van der Waals surface area contributed by atoms with E-state index in [1.165, 1.54) is 12.4 Å². The largest absolute Gasteiger partial charge is 0.391 e. The highest BCUT2D eigenvalue weighted by molar-refractivity contribution is 5.97. The molecule has 27 heavy (non-hydrogen) atoms. The molecule has 2 rings (SSSR count). The van der Waals surface area contributed by atoms with Gasteiger partial charge < -0.3 is 10.4 Å². The van der Waals surface area contributed by atoms with Gasteiger partial charge in [0.15, 0.2) is 0 Å².